The predicted molar refractivity (Wildman–Crippen MR) is 47.9 cm³/mol. The number of aromatic nitrogens is 2. The van der Waals surface area contributed by atoms with Crippen LogP contribution in [0.2, 0.25) is 0 Å². The lowest BCUT2D eigenvalue weighted by Crippen LogP contribution is -2.06. The maximum atomic E-state index is 9.08. The fourth-order valence-corrected chi connectivity index (χ4v) is 1.19. The summed E-state index contributed by atoms with van der Waals surface area (Å²) in [5.74, 6) is 1.07. The van der Waals surface area contributed by atoms with E-state index in [0.29, 0.717) is 0 Å². The van der Waals surface area contributed by atoms with Crippen LogP contribution in [0.25, 0.3) is 0 Å². The van der Waals surface area contributed by atoms with E-state index in [1.165, 1.54) is 0 Å². The normalized spacial score (nSPS) is 13.2. The van der Waals surface area contributed by atoms with Crippen LogP contribution in [0.15, 0.2) is 12.4 Å². The van der Waals surface area contributed by atoms with Gasteiger partial charge in [-0.1, -0.05) is 0 Å². The first kappa shape index (κ1) is 9.26. The van der Waals surface area contributed by atoms with Crippen molar-refractivity contribution in [1.29, 1.82) is 0 Å². The molecule has 1 rings (SSSR count). The lowest BCUT2D eigenvalue weighted by atomic mass is 10.2. The van der Waals surface area contributed by atoms with Crippen molar-refractivity contribution in [3.05, 3.63) is 18.2 Å². The average Bonchev–Trinajstić information content (AvgIpc) is 2.47. The molecule has 0 aliphatic carbocycles. The van der Waals surface area contributed by atoms with E-state index >= 15 is 0 Å². The van der Waals surface area contributed by atoms with Gasteiger partial charge in [-0.05, 0) is 20.3 Å². The monoisotopic (exact) mass is 168 g/mol. The zero-order valence-electron chi connectivity index (χ0n) is 7.70. The van der Waals surface area contributed by atoms with Gasteiger partial charge in [0, 0.05) is 25.4 Å². The Bertz CT molecular complexity index is 230. The molecule has 0 saturated carbocycles. The molecule has 1 atom stereocenters. The van der Waals surface area contributed by atoms with Crippen LogP contribution >= 0.6 is 0 Å². The van der Waals surface area contributed by atoms with Crippen LogP contribution in [0.3, 0.4) is 0 Å². The molecule has 0 bridgehead atoms. The van der Waals surface area contributed by atoms with Crippen molar-refractivity contribution < 1.29 is 5.11 Å². The van der Waals surface area contributed by atoms with E-state index in [-0.39, 0.29) is 6.10 Å². The van der Waals surface area contributed by atoms with E-state index in [9.17, 15) is 0 Å². The van der Waals surface area contributed by atoms with E-state index in [4.69, 9.17) is 5.11 Å². The van der Waals surface area contributed by atoms with Gasteiger partial charge in [-0.3, -0.25) is 0 Å². The number of aliphatic hydroxyl groups excluding tert-OH is 1. The Labute approximate surface area is 73.1 Å². The molecule has 0 aliphatic heterocycles. The minimum atomic E-state index is -0.230. The minimum absolute atomic E-state index is 0.230. The van der Waals surface area contributed by atoms with Gasteiger partial charge in [-0.2, -0.15) is 0 Å². The smallest absolute Gasteiger partial charge is 0.108 e. The van der Waals surface area contributed by atoms with Crippen LogP contribution in [0.4, 0.5) is 0 Å². The molecule has 68 valence electrons. The standard InChI is InChI=1S/C9H16N2O/c1-3-11-7-6-10-9(11)5-4-8(2)12/h6-8,12H,3-5H2,1-2H3/t8-/m1/s1. The molecule has 0 aliphatic rings. The highest BCUT2D eigenvalue weighted by Crippen LogP contribution is 2.03. The lowest BCUT2D eigenvalue weighted by molar-refractivity contribution is 0.183. The second-order valence-corrected chi connectivity index (χ2v) is 3.02. The van der Waals surface area contributed by atoms with Crippen molar-refractivity contribution in [2.75, 3.05) is 0 Å². The Balaban J connectivity index is 2.50. The molecule has 0 amide bonds. The molecule has 1 aromatic heterocycles. The molecule has 0 spiro atoms. The second-order valence-electron chi connectivity index (χ2n) is 3.02. The van der Waals surface area contributed by atoms with Gasteiger partial charge in [0.05, 0.1) is 6.10 Å². The van der Waals surface area contributed by atoms with Gasteiger partial charge in [-0.25, -0.2) is 4.98 Å². The Hall–Kier alpha value is -0.830. The molecule has 0 radical (unpaired) electrons. The SMILES string of the molecule is CCn1ccnc1CC[C@@H](C)O. The second kappa shape index (κ2) is 4.26. The van der Waals surface area contributed by atoms with E-state index in [1.807, 2.05) is 6.20 Å². The molecule has 0 saturated heterocycles. The first-order valence-corrected chi connectivity index (χ1v) is 4.42. The zero-order valence-corrected chi connectivity index (χ0v) is 7.70. The molecule has 3 nitrogen and oxygen atoms in total. The molecule has 3 heteroatoms. The molecule has 1 aromatic rings. The lowest BCUT2D eigenvalue weighted by Gasteiger charge is -2.05. The van der Waals surface area contributed by atoms with Crippen molar-refractivity contribution in [3.8, 4) is 0 Å². The molecule has 0 fully saturated rings. The third-order valence-electron chi connectivity index (χ3n) is 1.93. The van der Waals surface area contributed by atoms with E-state index < -0.39 is 0 Å². The van der Waals surface area contributed by atoms with Crippen molar-refractivity contribution in [1.82, 2.24) is 9.55 Å². The molecular weight excluding hydrogens is 152 g/mol. The number of nitrogens with zero attached hydrogens (tertiary/aromatic N) is 2. The van der Waals surface area contributed by atoms with Crippen molar-refractivity contribution in [3.63, 3.8) is 0 Å². The number of aliphatic hydroxyl groups is 1. The molecule has 0 aromatic carbocycles. The Morgan fingerprint density at radius 3 is 3.00 bits per heavy atom. The quantitative estimate of drug-likeness (QED) is 0.734. The third kappa shape index (κ3) is 2.34. The van der Waals surface area contributed by atoms with Gasteiger partial charge in [-0.15, -0.1) is 0 Å². The van der Waals surface area contributed by atoms with Crippen LogP contribution in [-0.2, 0) is 13.0 Å². The fraction of sp³-hybridized carbons (Fsp3) is 0.667. The molecule has 1 heterocycles. The summed E-state index contributed by atoms with van der Waals surface area (Å²) >= 11 is 0. The fourth-order valence-electron chi connectivity index (χ4n) is 1.19. The van der Waals surface area contributed by atoms with Gasteiger partial charge in [0.1, 0.15) is 5.82 Å². The molecule has 0 unspecified atom stereocenters. The summed E-state index contributed by atoms with van der Waals surface area (Å²) in [4.78, 5) is 4.21. The summed E-state index contributed by atoms with van der Waals surface area (Å²) in [5, 5.41) is 9.08. The topological polar surface area (TPSA) is 38.0 Å². The molecular formula is C9H16N2O. The Morgan fingerprint density at radius 1 is 1.67 bits per heavy atom. The number of hydrogen-bond acceptors (Lipinski definition) is 2. The van der Waals surface area contributed by atoms with Gasteiger partial charge in [0.2, 0.25) is 0 Å². The van der Waals surface area contributed by atoms with Crippen LogP contribution in [0.5, 0.6) is 0 Å². The van der Waals surface area contributed by atoms with E-state index in [2.05, 4.69) is 16.5 Å². The summed E-state index contributed by atoms with van der Waals surface area (Å²) in [6.45, 7) is 4.85. The number of rotatable bonds is 4. The van der Waals surface area contributed by atoms with Gasteiger partial charge in [0.25, 0.3) is 0 Å². The Morgan fingerprint density at radius 2 is 2.42 bits per heavy atom. The molecule has 1 N–H and O–H groups in total. The van der Waals surface area contributed by atoms with Gasteiger partial charge < -0.3 is 9.67 Å². The Kier molecular flexibility index (Phi) is 3.29. The van der Waals surface area contributed by atoms with Crippen LogP contribution in [0, 0.1) is 0 Å². The molecule has 12 heavy (non-hydrogen) atoms. The highest BCUT2D eigenvalue weighted by atomic mass is 16.3. The van der Waals surface area contributed by atoms with Crippen LogP contribution < -0.4 is 0 Å². The number of hydrogen-bond donors (Lipinski definition) is 1. The van der Waals surface area contributed by atoms with Gasteiger partial charge in [0.15, 0.2) is 0 Å². The first-order chi connectivity index (χ1) is 5.74. The van der Waals surface area contributed by atoms with Crippen molar-refractivity contribution >= 4 is 0 Å². The summed E-state index contributed by atoms with van der Waals surface area (Å²) in [6, 6.07) is 0. The van der Waals surface area contributed by atoms with Crippen molar-refractivity contribution in [2.24, 2.45) is 0 Å². The predicted octanol–water partition coefficient (Wildman–Crippen LogP) is 1.22. The highest BCUT2D eigenvalue weighted by Gasteiger charge is 2.02. The summed E-state index contributed by atoms with van der Waals surface area (Å²) < 4.78 is 2.10. The maximum Gasteiger partial charge on any atom is 0.108 e. The maximum absolute atomic E-state index is 9.08. The highest BCUT2D eigenvalue weighted by molar-refractivity contribution is 4.92. The average molecular weight is 168 g/mol. The number of imidazole rings is 1. The minimum Gasteiger partial charge on any atom is -0.393 e. The largest absolute Gasteiger partial charge is 0.393 e. The van der Waals surface area contributed by atoms with Crippen molar-refractivity contribution in [2.45, 2.75) is 39.3 Å². The number of aryl methyl sites for hydroxylation is 2. The summed E-state index contributed by atoms with van der Waals surface area (Å²) in [6.07, 6.45) is 5.19. The summed E-state index contributed by atoms with van der Waals surface area (Å²) in [5.41, 5.74) is 0. The van der Waals surface area contributed by atoms with Crippen LogP contribution in [0.1, 0.15) is 26.1 Å². The van der Waals surface area contributed by atoms with E-state index in [0.717, 1.165) is 25.2 Å². The van der Waals surface area contributed by atoms with Crippen LogP contribution in [-0.4, -0.2) is 20.8 Å². The zero-order chi connectivity index (χ0) is 8.97. The van der Waals surface area contributed by atoms with Gasteiger partial charge >= 0.3 is 0 Å². The van der Waals surface area contributed by atoms with E-state index in [1.54, 1.807) is 13.1 Å². The summed E-state index contributed by atoms with van der Waals surface area (Å²) in [7, 11) is 0. The first-order valence-electron chi connectivity index (χ1n) is 4.42. The third-order valence-corrected chi connectivity index (χ3v) is 1.93.